The van der Waals surface area contributed by atoms with Gasteiger partial charge in [0, 0.05) is 24.9 Å². The van der Waals surface area contributed by atoms with Gasteiger partial charge in [-0.25, -0.2) is 0 Å². The fourth-order valence-electron chi connectivity index (χ4n) is 4.38. The maximum atomic E-state index is 12.5. The van der Waals surface area contributed by atoms with Gasteiger partial charge in [-0.2, -0.15) is 5.26 Å². The molecule has 2 unspecified atom stereocenters. The van der Waals surface area contributed by atoms with Gasteiger partial charge in [0.05, 0.1) is 6.07 Å². The van der Waals surface area contributed by atoms with Crippen LogP contribution in [0, 0.1) is 28.1 Å². The number of Topliss-reactive ketones (excluding diaryl/α,β-unsaturated/α-hetero) is 1. The maximum absolute atomic E-state index is 12.5. The van der Waals surface area contributed by atoms with Gasteiger partial charge in [0.1, 0.15) is 5.92 Å². The molecule has 4 nitrogen and oxygen atoms in total. The Hall–Kier alpha value is -2.15. The van der Waals surface area contributed by atoms with Crippen LogP contribution in [0.3, 0.4) is 0 Å². The molecule has 1 aliphatic carbocycles. The summed E-state index contributed by atoms with van der Waals surface area (Å²) in [5.41, 5.74) is 0.353. The number of benzene rings is 1. The number of hydrogen-bond donors (Lipinski definition) is 0. The Morgan fingerprint density at radius 2 is 1.96 bits per heavy atom. The molecule has 1 saturated heterocycles. The molecule has 23 heavy (non-hydrogen) atoms. The van der Waals surface area contributed by atoms with Crippen LogP contribution >= 0.6 is 0 Å². The van der Waals surface area contributed by atoms with Crippen LogP contribution in [0.5, 0.6) is 0 Å². The molecule has 0 aromatic heterocycles. The van der Waals surface area contributed by atoms with Gasteiger partial charge in [0.25, 0.3) is 0 Å². The van der Waals surface area contributed by atoms with Crippen LogP contribution in [-0.4, -0.2) is 23.1 Å². The van der Waals surface area contributed by atoms with Crippen molar-refractivity contribution in [2.75, 3.05) is 6.54 Å². The minimum Gasteiger partial charge on any atom is -0.338 e. The summed E-state index contributed by atoms with van der Waals surface area (Å²) >= 11 is 0. The Morgan fingerprint density at radius 3 is 2.61 bits per heavy atom. The predicted octanol–water partition coefficient (Wildman–Crippen LogP) is 2.93. The number of nitrogens with zero attached hydrogens (tertiary/aromatic N) is 2. The van der Waals surface area contributed by atoms with E-state index in [9.17, 15) is 14.9 Å². The largest absolute Gasteiger partial charge is 0.338 e. The van der Waals surface area contributed by atoms with Gasteiger partial charge in [-0.3, -0.25) is 9.59 Å². The summed E-state index contributed by atoms with van der Waals surface area (Å²) < 4.78 is 0. The van der Waals surface area contributed by atoms with Crippen LogP contribution in [0.25, 0.3) is 0 Å². The molecule has 4 heteroatoms. The summed E-state index contributed by atoms with van der Waals surface area (Å²) in [5.74, 6) is -0.418. The zero-order valence-electron chi connectivity index (χ0n) is 13.7. The van der Waals surface area contributed by atoms with Crippen LogP contribution in [0.4, 0.5) is 0 Å². The van der Waals surface area contributed by atoms with Crippen LogP contribution in [0.1, 0.15) is 38.7 Å². The van der Waals surface area contributed by atoms with E-state index in [1.54, 1.807) is 0 Å². The summed E-state index contributed by atoms with van der Waals surface area (Å²) in [5, 5.41) is 9.33. The number of carbonyl (C=O) groups excluding carboxylic acids is 2. The van der Waals surface area contributed by atoms with Crippen molar-refractivity contribution in [2.45, 2.75) is 39.7 Å². The van der Waals surface area contributed by atoms with E-state index >= 15 is 0 Å². The van der Waals surface area contributed by atoms with Crippen molar-refractivity contribution >= 4 is 11.7 Å². The molecule has 0 N–H and O–H groups in total. The Labute approximate surface area is 137 Å². The molecule has 0 bridgehead atoms. The number of hydrogen-bond acceptors (Lipinski definition) is 3. The second kappa shape index (κ2) is 5.49. The fraction of sp³-hybridized carbons (Fsp3) is 0.526. The summed E-state index contributed by atoms with van der Waals surface area (Å²) in [6, 6.07) is 12.1. The SMILES string of the molecule is CC1(C)CC2(CC(=O)N(Cc3ccccc3)C2)CC(C#N)C1=O. The quantitative estimate of drug-likeness (QED) is 0.844. The molecule has 1 aromatic carbocycles. The van der Waals surface area contributed by atoms with Gasteiger partial charge >= 0.3 is 0 Å². The predicted molar refractivity (Wildman–Crippen MR) is 86.0 cm³/mol. The average molecular weight is 310 g/mol. The number of rotatable bonds is 2. The number of carbonyl (C=O) groups is 2. The van der Waals surface area contributed by atoms with Gasteiger partial charge < -0.3 is 4.90 Å². The molecule has 2 aliphatic rings. The van der Waals surface area contributed by atoms with Gasteiger partial charge in [-0.15, -0.1) is 0 Å². The highest BCUT2D eigenvalue weighted by molar-refractivity contribution is 5.90. The monoisotopic (exact) mass is 310 g/mol. The van der Waals surface area contributed by atoms with Crippen molar-refractivity contribution in [1.82, 2.24) is 4.90 Å². The minimum absolute atomic E-state index is 0.0274. The zero-order chi connectivity index (χ0) is 16.7. The molecule has 1 saturated carbocycles. The van der Waals surface area contributed by atoms with Crippen molar-refractivity contribution in [3.63, 3.8) is 0 Å². The number of likely N-dealkylation sites (tertiary alicyclic amines) is 1. The van der Waals surface area contributed by atoms with Crippen molar-refractivity contribution in [3.8, 4) is 6.07 Å². The van der Waals surface area contributed by atoms with E-state index in [1.165, 1.54) is 0 Å². The fourth-order valence-corrected chi connectivity index (χ4v) is 4.38. The first-order valence-corrected chi connectivity index (χ1v) is 8.11. The third-order valence-electron chi connectivity index (χ3n) is 5.21. The molecule has 1 amide bonds. The molecule has 1 aromatic rings. The van der Waals surface area contributed by atoms with Crippen molar-refractivity contribution in [2.24, 2.45) is 16.7 Å². The highest BCUT2D eigenvalue weighted by atomic mass is 16.2. The highest BCUT2D eigenvalue weighted by Crippen LogP contribution is 2.51. The third kappa shape index (κ3) is 2.88. The Morgan fingerprint density at radius 1 is 1.26 bits per heavy atom. The van der Waals surface area contributed by atoms with E-state index < -0.39 is 11.3 Å². The molecular weight excluding hydrogens is 288 g/mol. The zero-order valence-corrected chi connectivity index (χ0v) is 13.7. The maximum Gasteiger partial charge on any atom is 0.223 e. The van der Waals surface area contributed by atoms with E-state index in [0.717, 1.165) is 5.56 Å². The minimum atomic E-state index is -0.580. The summed E-state index contributed by atoms with van der Waals surface area (Å²) in [6.07, 6.45) is 1.66. The van der Waals surface area contributed by atoms with E-state index in [1.807, 2.05) is 49.1 Å². The molecule has 2 atom stereocenters. The first-order chi connectivity index (χ1) is 10.9. The molecule has 120 valence electrons. The molecular formula is C19H22N2O2. The third-order valence-corrected chi connectivity index (χ3v) is 5.21. The van der Waals surface area contributed by atoms with Crippen molar-refractivity contribution in [1.29, 1.82) is 5.26 Å². The lowest BCUT2D eigenvalue weighted by molar-refractivity contribution is -0.137. The van der Waals surface area contributed by atoms with Gasteiger partial charge in [-0.05, 0) is 23.8 Å². The lowest BCUT2D eigenvalue weighted by Gasteiger charge is -2.43. The van der Waals surface area contributed by atoms with Crippen molar-refractivity contribution < 1.29 is 9.59 Å². The second-order valence-electron chi connectivity index (χ2n) is 7.72. The van der Waals surface area contributed by atoms with Crippen LogP contribution < -0.4 is 0 Å². The molecule has 0 radical (unpaired) electrons. The first-order valence-electron chi connectivity index (χ1n) is 8.11. The lowest BCUT2D eigenvalue weighted by Crippen LogP contribution is -2.45. The summed E-state index contributed by atoms with van der Waals surface area (Å²) in [4.78, 5) is 26.7. The second-order valence-corrected chi connectivity index (χ2v) is 7.72. The summed E-state index contributed by atoms with van der Waals surface area (Å²) in [6.45, 7) is 5.07. The Balaban J connectivity index is 1.81. The van der Waals surface area contributed by atoms with E-state index in [2.05, 4.69) is 6.07 Å². The Kier molecular flexibility index (Phi) is 3.75. The van der Waals surface area contributed by atoms with E-state index in [0.29, 0.717) is 32.4 Å². The Bertz CT molecular complexity index is 674. The van der Waals surface area contributed by atoms with E-state index in [4.69, 9.17) is 0 Å². The van der Waals surface area contributed by atoms with Crippen LogP contribution in [0.2, 0.25) is 0 Å². The van der Waals surface area contributed by atoms with Gasteiger partial charge in [-0.1, -0.05) is 44.2 Å². The van der Waals surface area contributed by atoms with Crippen molar-refractivity contribution in [3.05, 3.63) is 35.9 Å². The standard InChI is InChI=1S/C19H22N2O2/c1-18(2)12-19(8-15(10-20)17(18)23)9-16(22)21(13-19)11-14-6-4-3-5-7-14/h3-7,15H,8-9,11-13H2,1-2H3. The van der Waals surface area contributed by atoms with Gasteiger partial charge in [0.2, 0.25) is 5.91 Å². The van der Waals surface area contributed by atoms with Gasteiger partial charge in [0.15, 0.2) is 5.78 Å². The molecule has 3 rings (SSSR count). The smallest absolute Gasteiger partial charge is 0.223 e. The molecule has 1 spiro atoms. The number of amides is 1. The topological polar surface area (TPSA) is 61.2 Å². The summed E-state index contributed by atoms with van der Waals surface area (Å²) in [7, 11) is 0. The molecule has 2 fully saturated rings. The molecule has 1 heterocycles. The first kappa shape index (κ1) is 15.7. The van der Waals surface area contributed by atoms with Crippen LogP contribution in [0.15, 0.2) is 30.3 Å². The molecule has 1 aliphatic heterocycles. The normalized spacial score (nSPS) is 29.8. The lowest BCUT2D eigenvalue weighted by atomic mass is 9.59. The van der Waals surface area contributed by atoms with Crippen LogP contribution in [-0.2, 0) is 16.1 Å². The van der Waals surface area contributed by atoms with E-state index in [-0.39, 0.29) is 17.1 Å². The number of ketones is 1. The average Bonchev–Trinajstić information content (AvgIpc) is 2.79. The number of nitriles is 1. The highest BCUT2D eigenvalue weighted by Gasteiger charge is 2.54.